The molecule has 1 N–H and O–H groups in total. The summed E-state index contributed by atoms with van der Waals surface area (Å²) in [6.45, 7) is 3.27. The van der Waals surface area contributed by atoms with Gasteiger partial charge in [0.05, 0.1) is 11.7 Å². The monoisotopic (exact) mass is 249 g/mol. The number of Topliss-reactive ketones (excluding diaryl/α,β-unsaturated/α-hetero) is 1. The van der Waals surface area contributed by atoms with E-state index in [-0.39, 0.29) is 11.8 Å². The van der Waals surface area contributed by atoms with Crippen LogP contribution in [0.5, 0.6) is 5.75 Å². The molecule has 5 heteroatoms. The van der Waals surface area contributed by atoms with Crippen LogP contribution in [0.4, 0.5) is 5.69 Å². The van der Waals surface area contributed by atoms with Gasteiger partial charge in [-0.05, 0) is 32.0 Å². The number of benzene rings is 1. The van der Waals surface area contributed by atoms with Crippen LogP contribution in [0.3, 0.4) is 0 Å². The summed E-state index contributed by atoms with van der Waals surface area (Å²) in [7, 11) is 1.80. The Morgan fingerprint density at radius 3 is 2.61 bits per heavy atom. The van der Waals surface area contributed by atoms with Gasteiger partial charge in [-0.15, -0.1) is 0 Å². The van der Waals surface area contributed by atoms with Crippen LogP contribution in [0, 0.1) is 0 Å². The fourth-order valence-corrected chi connectivity index (χ4v) is 2.03. The summed E-state index contributed by atoms with van der Waals surface area (Å²) in [6.07, 6.45) is -0.898. The number of nitrogens with zero attached hydrogens (tertiary/aromatic N) is 1. The van der Waals surface area contributed by atoms with Crippen molar-refractivity contribution in [1.29, 1.82) is 0 Å². The largest absolute Gasteiger partial charge is 0.478 e. The number of anilines is 1. The molecule has 0 fully saturated rings. The van der Waals surface area contributed by atoms with Gasteiger partial charge in [0.1, 0.15) is 5.75 Å². The number of carbonyl (C=O) groups is 2. The van der Waals surface area contributed by atoms with E-state index in [1.165, 1.54) is 6.92 Å². The number of carbonyl (C=O) groups excluding carboxylic acids is 1. The molecule has 1 aromatic rings. The average Bonchev–Trinajstić information content (AvgIpc) is 2.32. The fraction of sp³-hybridized carbons (Fsp3) is 0.385. The van der Waals surface area contributed by atoms with Gasteiger partial charge >= 0.3 is 5.97 Å². The predicted molar refractivity (Wildman–Crippen MR) is 66.4 cm³/mol. The van der Waals surface area contributed by atoms with Crippen LogP contribution in [0.2, 0.25) is 0 Å². The van der Waals surface area contributed by atoms with Crippen LogP contribution in [-0.4, -0.2) is 36.1 Å². The summed E-state index contributed by atoms with van der Waals surface area (Å²) in [6, 6.07) is 4.72. The van der Waals surface area contributed by atoms with Gasteiger partial charge in [0.2, 0.25) is 6.10 Å². The molecule has 2 unspecified atom stereocenters. The van der Waals surface area contributed by atoms with Crippen LogP contribution in [0.25, 0.3) is 0 Å². The number of carboxylic acids is 1. The van der Waals surface area contributed by atoms with Gasteiger partial charge in [-0.1, -0.05) is 0 Å². The van der Waals surface area contributed by atoms with E-state index in [2.05, 4.69) is 0 Å². The van der Waals surface area contributed by atoms with E-state index in [0.29, 0.717) is 11.3 Å². The van der Waals surface area contributed by atoms with Gasteiger partial charge in [-0.3, -0.25) is 4.79 Å². The Balaban J connectivity index is 2.45. The molecular formula is C13H15NO4. The summed E-state index contributed by atoms with van der Waals surface area (Å²) in [5.74, 6) is -0.525. The number of rotatable bonds is 2. The zero-order chi connectivity index (χ0) is 13.4. The van der Waals surface area contributed by atoms with E-state index in [9.17, 15) is 9.59 Å². The molecule has 0 bridgehead atoms. The van der Waals surface area contributed by atoms with Gasteiger partial charge in [0.15, 0.2) is 5.78 Å². The number of likely N-dealkylation sites (N-methyl/N-ethyl adjacent to an activating group) is 1. The number of carboxylic acid groups (broad SMARTS) is 1. The summed E-state index contributed by atoms with van der Waals surface area (Å²) in [5.41, 5.74) is 1.33. The number of ketones is 1. The van der Waals surface area contributed by atoms with Crippen molar-refractivity contribution in [2.75, 3.05) is 11.9 Å². The van der Waals surface area contributed by atoms with Crippen LogP contribution in [0.15, 0.2) is 18.2 Å². The minimum Gasteiger partial charge on any atom is -0.478 e. The zero-order valence-corrected chi connectivity index (χ0v) is 10.5. The third-order valence-corrected chi connectivity index (χ3v) is 3.29. The van der Waals surface area contributed by atoms with Crippen molar-refractivity contribution < 1.29 is 19.4 Å². The third-order valence-electron chi connectivity index (χ3n) is 3.29. The first-order chi connectivity index (χ1) is 8.41. The number of hydrogen-bond donors (Lipinski definition) is 1. The molecule has 0 saturated heterocycles. The van der Waals surface area contributed by atoms with Gasteiger partial charge in [-0.25, -0.2) is 4.79 Å². The molecule has 18 heavy (non-hydrogen) atoms. The lowest BCUT2D eigenvalue weighted by Gasteiger charge is -2.37. The van der Waals surface area contributed by atoms with Crippen molar-refractivity contribution in [3.05, 3.63) is 23.8 Å². The van der Waals surface area contributed by atoms with Gasteiger partial charge in [0, 0.05) is 12.6 Å². The molecule has 0 saturated carbocycles. The smallest absolute Gasteiger partial charge is 0.347 e. The Morgan fingerprint density at radius 1 is 1.39 bits per heavy atom. The van der Waals surface area contributed by atoms with Crippen molar-refractivity contribution in [3.63, 3.8) is 0 Å². The predicted octanol–water partition coefficient (Wildman–Crippen LogP) is 1.56. The highest BCUT2D eigenvalue weighted by atomic mass is 16.5. The summed E-state index contributed by atoms with van der Waals surface area (Å²) >= 11 is 0. The van der Waals surface area contributed by atoms with E-state index >= 15 is 0 Å². The maximum atomic E-state index is 11.3. The second-order valence-corrected chi connectivity index (χ2v) is 4.47. The molecule has 1 heterocycles. The van der Waals surface area contributed by atoms with Gasteiger partial charge < -0.3 is 14.7 Å². The number of ether oxygens (including phenoxy) is 1. The minimum absolute atomic E-state index is 0.0285. The molecule has 2 atom stereocenters. The van der Waals surface area contributed by atoms with Crippen LogP contribution in [-0.2, 0) is 4.79 Å². The molecule has 1 aromatic carbocycles. The summed E-state index contributed by atoms with van der Waals surface area (Å²) < 4.78 is 5.46. The molecule has 0 aromatic heterocycles. The van der Waals surface area contributed by atoms with Crippen molar-refractivity contribution in [1.82, 2.24) is 0 Å². The number of hydrogen-bond acceptors (Lipinski definition) is 4. The van der Waals surface area contributed by atoms with E-state index < -0.39 is 12.1 Å². The maximum Gasteiger partial charge on any atom is 0.347 e. The van der Waals surface area contributed by atoms with Crippen LogP contribution >= 0.6 is 0 Å². The number of aliphatic carboxylic acids is 1. The van der Waals surface area contributed by atoms with Crippen molar-refractivity contribution in [3.8, 4) is 5.75 Å². The first kappa shape index (κ1) is 12.4. The Labute approximate surface area is 105 Å². The van der Waals surface area contributed by atoms with Crippen LogP contribution < -0.4 is 9.64 Å². The molecule has 0 aliphatic carbocycles. The molecule has 1 aliphatic rings. The highest BCUT2D eigenvalue weighted by Gasteiger charge is 2.35. The Hall–Kier alpha value is -2.04. The Bertz CT molecular complexity index is 512. The molecule has 0 spiro atoms. The van der Waals surface area contributed by atoms with E-state index in [1.54, 1.807) is 32.2 Å². The lowest BCUT2D eigenvalue weighted by atomic mass is 10.0. The molecule has 96 valence electrons. The lowest BCUT2D eigenvalue weighted by molar-refractivity contribution is -0.146. The standard InChI is InChI=1S/C13H15NO4/c1-7-12(13(16)17)18-11-5-4-9(8(2)15)6-10(11)14(7)3/h4-7,12H,1-3H3,(H,16,17). The second-order valence-electron chi connectivity index (χ2n) is 4.47. The van der Waals surface area contributed by atoms with Crippen molar-refractivity contribution in [2.45, 2.75) is 26.0 Å². The fourth-order valence-electron chi connectivity index (χ4n) is 2.03. The van der Waals surface area contributed by atoms with Gasteiger partial charge in [0.25, 0.3) is 0 Å². The van der Waals surface area contributed by atoms with Crippen molar-refractivity contribution >= 4 is 17.4 Å². The van der Waals surface area contributed by atoms with Crippen molar-refractivity contribution in [2.24, 2.45) is 0 Å². The lowest BCUT2D eigenvalue weighted by Crippen LogP contribution is -2.50. The molecule has 0 amide bonds. The first-order valence-electron chi connectivity index (χ1n) is 5.69. The van der Waals surface area contributed by atoms with E-state index in [4.69, 9.17) is 9.84 Å². The zero-order valence-electron chi connectivity index (χ0n) is 10.5. The normalized spacial score (nSPS) is 22.1. The topological polar surface area (TPSA) is 66.8 Å². The highest BCUT2D eigenvalue weighted by molar-refractivity contribution is 5.95. The molecular weight excluding hydrogens is 234 g/mol. The van der Waals surface area contributed by atoms with Gasteiger partial charge in [-0.2, -0.15) is 0 Å². The molecule has 0 radical (unpaired) electrons. The average molecular weight is 249 g/mol. The Morgan fingerprint density at radius 2 is 2.06 bits per heavy atom. The SMILES string of the molecule is CC(=O)c1ccc2c(c1)N(C)C(C)C(C(=O)O)O2. The highest BCUT2D eigenvalue weighted by Crippen LogP contribution is 2.36. The summed E-state index contributed by atoms with van der Waals surface area (Å²) in [5, 5.41) is 9.09. The Kier molecular flexibility index (Phi) is 2.98. The minimum atomic E-state index is -0.990. The third kappa shape index (κ3) is 1.92. The van der Waals surface area contributed by atoms with E-state index in [0.717, 1.165) is 5.69 Å². The second kappa shape index (κ2) is 4.33. The maximum absolute atomic E-state index is 11.3. The van der Waals surface area contributed by atoms with E-state index in [1.807, 2.05) is 4.90 Å². The molecule has 5 nitrogen and oxygen atoms in total. The molecule has 1 aliphatic heterocycles. The first-order valence-corrected chi connectivity index (χ1v) is 5.69. The quantitative estimate of drug-likeness (QED) is 0.806. The summed E-state index contributed by atoms with van der Waals surface area (Å²) in [4.78, 5) is 24.3. The van der Waals surface area contributed by atoms with Crippen LogP contribution in [0.1, 0.15) is 24.2 Å². The molecule has 2 rings (SSSR count). The number of fused-ring (bicyclic) bond motifs is 1.